The lowest BCUT2D eigenvalue weighted by molar-refractivity contribution is -0.766. The van der Waals surface area contributed by atoms with E-state index in [1.165, 1.54) is 30.2 Å². The Morgan fingerprint density at radius 3 is 2.59 bits per heavy atom. The molecule has 0 saturated carbocycles. The molecule has 3 amide bonds. The zero-order valence-electron chi connectivity index (χ0n) is 27.6. The number of nitrogens with two attached hydrogens (primary N) is 1. The topological polar surface area (TPSA) is 192 Å². The predicted octanol–water partition coefficient (Wildman–Crippen LogP) is 1.41. The van der Waals surface area contributed by atoms with Crippen molar-refractivity contribution in [1.29, 1.82) is 0 Å². The maximum absolute atomic E-state index is 13.4. The van der Waals surface area contributed by atoms with E-state index in [2.05, 4.69) is 30.5 Å². The van der Waals surface area contributed by atoms with Gasteiger partial charge in [-0.05, 0) is 30.5 Å². The van der Waals surface area contributed by atoms with Crippen LogP contribution in [0.15, 0.2) is 53.0 Å². The number of thiazole rings is 1. The molecule has 2 saturated heterocycles. The first-order valence-corrected chi connectivity index (χ1v) is 18.6. The lowest BCUT2D eigenvalue weighted by Crippen LogP contribution is -2.71. The van der Waals surface area contributed by atoms with Crippen LogP contribution in [0.1, 0.15) is 40.9 Å². The van der Waals surface area contributed by atoms with E-state index in [0.29, 0.717) is 30.0 Å². The smallest absolute Gasteiger partial charge is 0.352 e. The molecular weight excluding hydrogens is 720 g/mol. The van der Waals surface area contributed by atoms with Crippen LogP contribution in [-0.2, 0) is 38.9 Å². The number of rotatable bonds is 11. The van der Waals surface area contributed by atoms with Gasteiger partial charge in [0.25, 0.3) is 17.7 Å². The minimum atomic E-state index is -1.22. The zero-order chi connectivity index (χ0) is 35.8. The number of aromatic nitrogens is 3. The number of hydrazine groups is 1. The normalized spacial score (nSPS) is 20.5. The quantitative estimate of drug-likeness (QED) is 0.0958. The van der Waals surface area contributed by atoms with Crippen molar-refractivity contribution in [1.82, 2.24) is 30.3 Å². The van der Waals surface area contributed by atoms with Crippen LogP contribution in [0.5, 0.6) is 0 Å². The van der Waals surface area contributed by atoms with E-state index in [4.69, 9.17) is 22.2 Å². The van der Waals surface area contributed by atoms with Gasteiger partial charge in [-0.1, -0.05) is 46.6 Å². The summed E-state index contributed by atoms with van der Waals surface area (Å²) in [5.41, 5.74) is 10.7. The van der Waals surface area contributed by atoms with Crippen molar-refractivity contribution in [2.45, 2.75) is 50.3 Å². The molecule has 1 aromatic carbocycles. The van der Waals surface area contributed by atoms with Gasteiger partial charge in [-0.3, -0.25) is 24.7 Å². The number of piperidine rings is 1. The maximum Gasteiger partial charge on any atom is 0.352 e. The largest absolute Gasteiger partial charge is 0.477 e. The molecule has 0 unspecified atom stereocenters. The SMILES string of the molecule is CO/N=C(\C(=O)N[C@@H]1C(=O)N2C(C(=O)O)=C(C[n+]3ccc4n3CCN4Cc3ccc(C(=O)NN4CCCCC4)cc3)CS[C@H]12)c1nc(N)sc1Cl. The number of fused-ring (bicyclic) bond motifs is 2. The highest BCUT2D eigenvalue weighted by molar-refractivity contribution is 8.00. The number of benzene rings is 1. The molecule has 2 atom stereocenters. The number of oxime groups is 1. The van der Waals surface area contributed by atoms with E-state index in [0.717, 1.165) is 55.2 Å². The average molecular weight is 756 g/mol. The van der Waals surface area contributed by atoms with Crippen molar-refractivity contribution in [2.24, 2.45) is 5.16 Å². The number of nitrogen functional groups attached to an aromatic ring is 1. The number of carbonyl (C=O) groups is 4. The Balaban J connectivity index is 1.00. The van der Waals surface area contributed by atoms with E-state index in [1.54, 1.807) is 0 Å². The molecular formula is C32H36ClN10O6S2+. The van der Waals surface area contributed by atoms with Crippen LogP contribution in [0.25, 0.3) is 0 Å². The number of nitrogens with zero attached hydrogens (tertiary/aromatic N) is 7. The van der Waals surface area contributed by atoms with Gasteiger partial charge < -0.3 is 25.9 Å². The molecule has 268 valence electrons. The van der Waals surface area contributed by atoms with E-state index >= 15 is 0 Å². The second-order valence-electron chi connectivity index (χ2n) is 12.4. The average Bonchev–Trinajstić information content (AvgIpc) is 3.81. The fourth-order valence-corrected chi connectivity index (χ4v) is 9.01. The Morgan fingerprint density at radius 1 is 1.14 bits per heavy atom. The third kappa shape index (κ3) is 6.87. The minimum absolute atomic E-state index is 0.0210. The summed E-state index contributed by atoms with van der Waals surface area (Å²) >= 11 is 8.51. The van der Waals surface area contributed by atoms with Gasteiger partial charge in [0, 0.05) is 43.1 Å². The molecule has 4 aliphatic heterocycles. The first-order valence-electron chi connectivity index (χ1n) is 16.4. The Hall–Kier alpha value is -4.65. The molecule has 16 nitrogen and oxygen atoms in total. The Morgan fingerprint density at radius 2 is 1.90 bits per heavy atom. The molecule has 3 aromatic rings. The summed E-state index contributed by atoms with van der Waals surface area (Å²) in [4.78, 5) is 64.1. The second-order valence-corrected chi connectivity index (χ2v) is 15.2. The third-order valence-corrected chi connectivity index (χ3v) is 11.6. The van der Waals surface area contributed by atoms with Crippen molar-refractivity contribution < 1.29 is 33.8 Å². The van der Waals surface area contributed by atoms with Crippen molar-refractivity contribution >= 4 is 75.1 Å². The summed E-state index contributed by atoms with van der Waals surface area (Å²) in [6, 6.07) is 8.65. The van der Waals surface area contributed by atoms with E-state index in [-0.39, 0.29) is 39.0 Å². The van der Waals surface area contributed by atoms with Crippen LogP contribution in [0.2, 0.25) is 4.34 Å². The van der Waals surface area contributed by atoms with E-state index < -0.39 is 29.2 Å². The van der Waals surface area contributed by atoms with Crippen LogP contribution in [-0.4, -0.2) is 98.0 Å². The van der Waals surface area contributed by atoms with Crippen LogP contribution >= 0.6 is 34.7 Å². The molecule has 2 fully saturated rings. The number of hydrogen-bond donors (Lipinski definition) is 4. The van der Waals surface area contributed by atoms with E-state index in [9.17, 15) is 24.3 Å². The van der Waals surface area contributed by atoms with Crippen LogP contribution < -0.4 is 26.1 Å². The monoisotopic (exact) mass is 755 g/mol. The first kappa shape index (κ1) is 34.8. The van der Waals surface area contributed by atoms with Crippen LogP contribution in [0, 0.1) is 0 Å². The lowest BCUT2D eigenvalue weighted by atomic mass is 10.0. The molecule has 0 radical (unpaired) electrons. The number of carboxylic acid groups (broad SMARTS) is 1. The summed E-state index contributed by atoms with van der Waals surface area (Å²) in [5, 5.41) is 18.1. The molecule has 2 aromatic heterocycles. The lowest BCUT2D eigenvalue weighted by Gasteiger charge is -2.49. The van der Waals surface area contributed by atoms with Gasteiger partial charge in [-0.25, -0.2) is 14.8 Å². The first-order chi connectivity index (χ1) is 24.6. The number of carbonyl (C=O) groups excluding carboxylic acids is 3. The van der Waals surface area contributed by atoms with Crippen molar-refractivity contribution in [2.75, 3.05) is 43.1 Å². The molecule has 5 N–H and O–H groups in total. The molecule has 0 aliphatic carbocycles. The van der Waals surface area contributed by atoms with Crippen molar-refractivity contribution in [3.8, 4) is 0 Å². The zero-order valence-corrected chi connectivity index (χ0v) is 30.0. The molecule has 4 aliphatic rings. The predicted molar refractivity (Wildman–Crippen MR) is 190 cm³/mol. The summed E-state index contributed by atoms with van der Waals surface area (Å²) in [6.07, 6.45) is 5.28. The standard InChI is InChI=1S/C32H35ClN10O6S2/c1-49-38-23(22-26(33)51-32(34)36-22)28(45)35-24-29(46)43-25(31(47)48)20(17-50-30(24)43)16-41-12-9-21-39(13-14-42(21)41)15-18-5-7-19(8-6-18)27(44)37-40-10-3-2-4-11-40/h5-9,12,24,30H,2-4,10-11,13-17H2,1H3,(H4-,34,35,36,37,44,45,47,48)/p+1/b38-23-/t24-,30-/m1/s1. The Bertz CT molecular complexity index is 1940. The summed E-state index contributed by atoms with van der Waals surface area (Å²) in [5.74, 6) is -1.31. The number of thioether (sulfide) groups is 1. The highest BCUT2D eigenvalue weighted by atomic mass is 35.5. The summed E-state index contributed by atoms with van der Waals surface area (Å²) in [6.45, 7) is 4.11. The van der Waals surface area contributed by atoms with Crippen LogP contribution in [0.4, 0.5) is 10.9 Å². The number of amides is 3. The van der Waals surface area contributed by atoms with Gasteiger partial charge in [0.2, 0.25) is 0 Å². The number of β-lactam (4-membered cyclic amide) rings is 1. The number of anilines is 2. The summed E-state index contributed by atoms with van der Waals surface area (Å²) in [7, 11) is 1.25. The molecule has 0 spiro atoms. The van der Waals surface area contributed by atoms with Gasteiger partial charge >= 0.3 is 5.97 Å². The highest BCUT2D eigenvalue weighted by Crippen LogP contribution is 2.40. The summed E-state index contributed by atoms with van der Waals surface area (Å²) < 4.78 is 4.19. The van der Waals surface area contributed by atoms with Gasteiger partial charge in [0.15, 0.2) is 29.4 Å². The van der Waals surface area contributed by atoms with Gasteiger partial charge in [0.1, 0.15) is 34.3 Å². The maximum atomic E-state index is 13.4. The van der Waals surface area contributed by atoms with Gasteiger partial charge in [0.05, 0.1) is 12.6 Å². The number of carboxylic acids is 1. The molecule has 51 heavy (non-hydrogen) atoms. The highest BCUT2D eigenvalue weighted by Gasteiger charge is 2.55. The number of hydrogen-bond acceptors (Lipinski definition) is 12. The van der Waals surface area contributed by atoms with Crippen molar-refractivity contribution in [3.63, 3.8) is 0 Å². The molecule has 0 bridgehead atoms. The van der Waals surface area contributed by atoms with Crippen LogP contribution in [0.3, 0.4) is 0 Å². The van der Waals surface area contributed by atoms with Crippen molar-refractivity contribution in [3.05, 3.63) is 69.0 Å². The Labute approximate surface area is 305 Å². The number of halogens is 1. The number of aliphatic carboxylic acids is 1. The molecule has 7 rings (SSSR count). The number of nitrogens with one attached hydrogen (secondary N) is 2. The second kappa shape index (κ2) is 14.5. The fourth-order valence-electron chi connectivity index (χ4n) is 6.74. The molecule has 19 heteroatoms. The third-order valence-electron chi connectivity index (χ3n) is 9.19. The van der Waals surface area contributed by atoms with Gasteiger partial charge in [-0.15, -0.1) is 21.1 Å². The minimum Gasteiger partial charge on any atom is -0.477 e. The Kier molecular flexibility index (Phi) is 9.91. The van der Waals surface area contributed by atoms with Gasteiger partial charge in [-0.2, -0.15) is 0 Å². The molecule has 6 heterocycles. The fraction of sp³-hybridized carbons (Fsp3) is 0.406. The van der Waals surface area contributed by atoms with E-state index in [1.807, 2.05) is 46.2 Å².